The van der Waals surface area contributed by atoms with Gasteiger partial charge in [-0.2, -0.15) is 0 Å². The average molecular weight is 320 g/mol. The third kappa shape index (κ3) is 5.62. The zero-order chi connectivity index (χ0) is 16.7. The molecule has 1 aliphatic heterocycles. The van der Waals surface area contributed by atoms with Crippen LogP contribution in [0.1, 0.15) is 26.5 Å². The number of nitrogens with one attached hydrogen (secondary N) is 1. The molecule has 6 heteroatoms. The van der Waals surface area contributed by atoms with E-state index in [0.29, 0.717) is 5.92 Å². The van der Waals surface area contributed by atoms with Gasteiger partial charge in [-0.15, -0.1) is 0 Å². The third-order valence-corrected chi connectivity index (χ3v) is 3.87. The number of amides is 1. The topological polar surface area (TPSA) is 61.1 Å². The van der Waals surface area contributed by atoms with Crippen molar-refractivity contribution in [3.8, 4) is 0 Å². The van der Waals surface area contributed by atoms with Crippen molar-refractivity contribution in [2.24, 2.45) is 10.9 Å². The van der Waals surface area contributed by atoms with E-state index in [9.17, 15) is 4.79 Å². The minimum Gasteiger partial charge on any atom is -0.469 e. The third-order valence-electron chi connectivity index (χ3n) is 3.87. The first kappa shape index (κ1) is 17.4. The van der Waals surface area contributed by atoms with Crippen LogP contribution in [0, 0.1) is 5.92 Å². The molecule has 128 valence electrons. The zero-order valence-electron chi connectivity index (χ0n) is 14.4. The van der Waals surface area contributed by atoms with Gasteiger partial charge >= 0.3 is 0 Å². The number of nitrogens with zero attached hydrogens (tertiary/aromatic N) is 3. The summed E-state index contributed by atoms with van der Waals surface area (Å²) in [6, 6.07) is 3.89. The Hall–Kier alpha value is -1.98. The van der Waals surface area contributed by atoms with Crippen LogP contribution in [-0.2, 0) is 11.2 Å². The minimum atomic E-state index is 0.149. The highest BCUT2D eigenvalue weighted by molar-refractivity contribution is 5.80. The second kappa shape index (κ2) is 8.60. The number of carbonyl (C=O) groups excluding carboxylic acids is 1. The minimum absolute atomic E-state index is 0.149. The molecule has 1 aromatic heterocycles. The van der Waals surface area contributed by atoms with E-state index in [0.717, 1.165) is 57.4 Å². The van der Waals surface area contributed by atoms with Gasteiger partial charge < -0.3 is 19.5 Å². The fraction of sp³-hybridized carbons (Fsp3) is 0.647. The highest BCUT2D eigenvalue weighted by Gasteiger charge is 2.21. The molecule has 0 aromatic carbocycles. The van der Waals surface area contributed by atoms with Gasteiger partial charge in [-0.25, -0.2) is 0 Å². The number of aliphatic imine (C=N–C) groups is 1. The first-order valence-electron chi connectivity index (χ1n) is 8.37. The second-order valence-corrected chi connectivity index (χ2v) is 6.31. The van der Waals surface area contributed by atoms with Crippen molar-refractivity contribution in [2.45, 2.75) is 27.2 Å². The van der Waals surface area contributed by atoms with Gasteiger partial charge in [-0.05, 0) is 18.1 Å². The van der Waals surface area contributed by atoms with Crippen LogP contribution in [0.2, 0.25) is 0 Å². The molecule has 1 fully saturated rings. The number of furan rings is 1. The maximum atomic E-state index is 11.4. The van der Waals surface area contributed by atoms with Crippen molar-refractivity contribution >= 4 is 11.9 Å². The van der Waals surface area contributed by atoms with E-state index < -0.39 is 0 Å². The lowest BCUT2D eigenvalue weighted by atomic mass is 10.2. The van der Waals surface area contributed by atoms with Gasteiger partial charge in [0, 0.05) is 52.6 Å². The van der Waals surface area contributed by atoms with Crippen LogP contribution in [0.25, 0.3) is 0 Å². The summed E-state index contributed by atoms with van der Waals surface area (Å²) in [6.07, 6.45) is 2.53. The van der Waals surface area contributed by atoms with Crippen LogP contribution in [-0.4, -0.2) is 60.9 Å². The van der Waals surface area contributed by atoms with Gasteiger partial charge in [0.2, 0.25) is 5.91 Å². The molecule has 1 N–H and O–H groups in total. The van der Waals surface area contributed by atoms with E-state index in [-0.39, 0.29) is 5.91 Å². The van der Waals surface area contributed by atoms with Gasteiger partial charge in [-0.1, -0.05) is 13.8 Å². The lowest BCUT2D eigenvalue weighted by Crippen LogP contribution is -2.53. The Bertz CT molecular complexity index is 503. The Labute approximate surface area is 138 Å². The number of hydrogen-bond acceptors (Lipinski definition) is 3. The first-order chi connectivity index (χ1) is 11.1. The average Bonchev–Trinajstić information content (AvgIpc) is 3.04. The fourth-order valence-corrected chi connectivity index (χ4v) is 2.52. The molecule has 1 saturated heterocycles. The summed E-state index contributed by atoms with van der Waals surface area (Å²) in [5.41, 5.74) is 0. The van der Waals surface area contributed by atoms with Crippen molar-refractivity contribution in [3.63, 3.8) is 0 Å². The summed E-state index contributed by atoms with van der Waals surface area (Å²) in [6.45, 7) is 10.7. The van der Waals surface area contributed by atoms with E-state index in [1.54, 1.807) is 13.2 Å². The summed E-state index contributed by atoms with van der Waals surface area (Å²) in [5, 5.41) is 3.44. The molecule has 0 unspecified atom stereocenters. The number of piperazine rings is 1. The van der Waals surface area contributed by atoms with Crippen LogP contribution in [0.5, 0.6) is 0 Å². The summed E-state index contributed by atoms with van der Waals surface area (Å²) in [4.78, 5) is 20.3. The molecular formula is C17H28N4O2. The lowest BCUT2D eigenvalue weighted by Gasteiger charge is -2.36. The van der Waals surface area contributed by atoms with Gasteiger partial charge in [0.1, 0.15) is 5.76 Å². The number of rotatable bonds is 5. The predicted octanol–water partition coefficient (Wildman–Crippen LogP) is 1.59. The highest BCUT2D eigenvalue weighted by Crippen LogP contribution is 2.05. The van der Waals surface area contributed by atoms with Gasteiger partial charge in [0.15, 0.2) is 5.96 Å². The number of guanidine groups is 1. The quantitative estimate of drug-likeness (QED) is 0.661. The lowest BCUT2D eigenvalue weighted by molar-refractivity contribution is -0.130. The maximum Gasteiger partial charge on any atom is 0.219 e. The SMILES string of the molecule is CC(=O)N1CCN(C(=NCC(C)C)NCCc2ccco2)CC1. The molecule has 1 aliphatic rings. The van der Waals surface area contributed by atoms with Crippen LogP contribution in [0.3, 0.4) is 0 Å². The molecule has 23 heavy (non-hydrogen) atoms. The molecule has 0 bridgehead atoms. The van der Waals surface area contributed by atoms with Gasteiger partial charge in [0.05, 0.1) is 6.26 Å². The van der Waals surface area contributed by atoms with E-state index in [1.165, 1.54) is 0 Å². The largest absolute Gasteiger partial charge is 0.469 e. The molecule has 2 rings (SSSR count). The molecule has 0 saturated carbocycles. The highest BCUT2D eigenvalue weighted by atomic mass is 16.3. The molecule has 0 spiro atoms. The van der Waals surface area contributed by atoms with Crippen LogP contribution >= 0.6 is 0 Å². The van der Waals surface area contributed by atoms with Crippen molar-refractivity contribution in [3.05, 3.63) is 24.2 Å². The summed E-state index contributed by atoms with van der Waals surface area (Å²) in [5.74, 6) is 2.59. The molecule has 2 heterocycles. The van der Waals surface area contributed by atoms with E-state index in [4.69, 9.17) is 9.41 Å². The van der Waals surface area contributed by atoms with Crippen molar-refractivity contribution < 1.29 is 9.21 Å². The van der Waals surface area contributed by atoms with Gasteiger partial charge in [0.25, 0.3) is 0 Å². The van der Waals surface area contributed by atoms with Crippen molar-refractivity contribution in [1.82, 2.24) is 15.1 Å². The Balaban J connectivity index is 1.89. The van der Waals surface area contributed by atoms with E-state index in [2.05, 4.69) is 24.1 Å². The fourth-order valence-electron chi connectivity index (χ4n) is 2.52. The molecule has 1 amide bonds. The predicted molar refractivity (Wildman–Crippen MR) is 91.4 cm³/mol. The standard InChI is InChI=1S/C17H28N4O2/c1-14(2)13-19-17(18-7-6-16-5-4-12-23-16)21-10-8-20(9-11-21)15(3)22/h4-5,12,14H,6-11,13H2,1-3H3,(H,18,19). The Morgan fingerprint density at radius 3 is 2.57 bits per heavy atom. The van der Waals surface area contributed by atoms with Gasteiger partial charge in [-0.3, -0.25) is 9.79 Å². The summed E-state index contributed by atoms with van der Waals surface area (Å²) < 4.78 is 5.36. The molecule has 0 atom stereocenters. The number of carbonyl (C=O) groups is 1. The van der Waals surface area contributed by atoms with Crippen molar-refractivity contribution in [1.29, 1.82) is 0 Å². The smallest absolute Gasteiger partial charge is 0.219 e. The molecule has 0 radical (unpaired) electrons. The van der Waals surface area contributed by atoms with Crippen molar-refractivity contribution in [2.75, 3.05) is 39.3 Å². The molecular weight excluding hydrogens is 292 g/mol. The van der Waals surface area contributed by atoms with E-state index >= 15 is 0 Å². The Kier molecular flexibility index (Phi) is 6.50. The molecule has 0 aliphatic carbocycles. The normalized spacial score (nSPS) is 16.1. The maximum absolute atomic E-state index is 11.4. The second-order valence-electron chi connectivity index (χ2n) is 6.31. The molecule has 6 nitrogen and oxygen atoms in total. The van der Waals surface area contributed by atoms with Crippen LogP contribution in [0.4, 0.5) is 0 Å². The first-order valence-corrected chi connectivity index (χ1v) is 8.37. The number of hydrogen-bond donors (Lipinski definition) is 1. The summed E-state index contributed by atoms with van der Waals surface area (Å²) in [7, 11) is 0. The van der Waals surface area contributed by atoms with E-state index in [1.807, 2.05) is 17.0 Å². The molecule has 1 aromatic rings. The summed E-state index contributed by atoms with van der Waals surface area (Å²) >= 11 is 0. The van der Waals surface area contributed by atoms with Crippen LogP contribution in [0.15, 0.2) is 27.8 Å². The Morgan fingerprint density at radius 2 is 2.00 bits per heavy atom. The monoisotopic (exact) mass is 320 g/mol. The van der Waals surface area contributed by atoms with Crippen LogP contribution < -0.4 is 5.32 Å². The Morgan fingerprint density at radius 1 is 1.30 bits per heavy atom. The zero-order valence-corrected chi connectivity index (χ0v) is 14.4.